The summed E-state index contributed by atoms with van der Waals surface area (Å²) in [5.74, 6) is 0.942. The number of aromatic nitrogens is 2. The summed E-state index contributed by atoms with van der Waals surface area (Å²) in [5.41, 5.74) is 3.57. The molecule has 0 N–H and O–H groups in total. The minimum absolute atomic E-state index is 0.489. The lowest BCUT2D eigenvalue weighted by molar-refractivity contribution is 0.485. The van der Waals surface area contributed by atoms with Crippen LogP contribution in [0.3, 0.4) is 0 Å². The molecule has 0 saturated carbocycles. The summed E-state index contributed by atoms with van der Waals surface area (Å²) < 4.78 is 7.75. The van der Waals surface area contributed by atoms with Crippen LogP contribution in [0.5, 0.6) is 0 Å². The zero-order chi connectivity index (χ0) is 15.5. The smallest absolute Gasteiger partial charge is 0.169 e. The molecule has 3 nitrogen and oxygen atoms in total. The van der Waals surface area contributed by atoms with Gasteiger partial charge in [0.25, 0.3) is 0 Å². The molecule has 114 valence electrons. The van der Waals surface area contributed by atoms with E-state index in [-0.39, 0.29) is 0 Å². The Morgan fingerprint density at radius 1 is 1.18 bits per heavy atom. The lowest BCUT2D eigenvalue weighted by atomic mass is 10.1. The molecule has 1 aromatic carbocycles. The van der Waals surface area contributed by atoms with Gasteiger partial charge in [0.15, 0.2) is 5.16 Å². The number of nitrogens with zero attached hydrogens (tertiary/aromatic N) is 2. The zero-order valence-electron chi connectivity index (χ0n) is 13.1. The summed E-state index contributed by atoms with van der Waals surface area (Å²) in [6.45, 7) is 7.17. The molecule has 0 unspecified atom stereocenters. The summed E-state index contributed by atoms with van der Waals surface area (Å²) >= 11 is 1.78. The molecule has 2 heterocycles. The highest BCUT2D eigenvalue weighted by atomic mass is 32.2. The van der Waals surface area contributed by atoms with E-state index in [9.17, 15) is 0 Å². The molecular weight excluding hydrogens is 292 g/mol. The SMILES string of the molecule is Cc1ccc(-c2cnc(SC(C)C)n2Cc2ccco2)cc1. The molecule has 0 aliphatic carbocycles. The van der Waals surface area contributed by atoms with Crippen LogP contribution in [0.25, 0.3) is 11.3 Å². The van der Waals surface area contributed by atoms with Gasteiger partial charge in [-0.05, 0) is 24.6 Å². The molecule has 0 radical (unpaired) electrons. The van der Waals surface area contributed by atoms with Crippen LogP contribution in [-0.2, 0) is 6.54 Å². The highest BCUT2D eigenvalue weighted by Crippen LogP contribution is 2.29. The van der Waals surface area contributed by atoms with Crippen LogP contribution in [0.4, 0.5) is 0 Å². The average molecular weight is 312 g/mol. The quantitative estimate of drug-likeness (QED) is 0.621. The second-order valence-corrected chi connectivity index (χ2v) is 7.17. The van der Waals surface area contributed by atoms with Crippen molar-refractivity contribution in [3.63, 3.8) is 0 Å². The Morgan fingerprint density at radius 2 is 1.95 bits per heavy atom. The van der Waals surface area contributed by atoms with Crippen LogP contribution in [0.2, 0.25) is 0 Å². The predicted molar refractivity (Wildman–Crippen MR) is 91.2 cm³/mol. The van der Waals surface area contributed by atoms with E-state index in [0.29, 0.717) is 11.8 Å². The Kier molecular flexibility index (Phi) is 4.39. The fraction of sp³-hybridized carbons (Fsp3) is 0.278. The first-order chi connectivity index (χ1) is 10.6. The van der Waals surface area contributed by atoms with Gasteiger partial charge in [0, 0.05) is 5.25 Å². The third-order valence-electron chi connectivity index (χ3n) is 3.40. The molecule has 0 bridgehead atoms. The molecule has 0 aliphatic rings. The van der Waals surface area contributed by atoms with Gasteiger partial charge in [0.05, 0.1) is 24.7 Å². The van der Waals surface area contributed by atoms with E-state index in [1.165, 1.54) is 11.1 Å². The molecule has 22 heavy (non-hydrogen) atoms. The molecule has 0 amide bonds. The summed E-state index contributed by atoms with van der Waals surface area (Å²) in [7, 11) is 0. The number of imidazole rings is 1. The molecule has 0 aliphatic heterocycles. The first-order valence-electron chi connectivity index (χ1n) is 7.45. The fourth-order valence-corrected chi connectivity index (χ4v) is 3.15. The Morgan fingerprint density at radius 3 is 2.59 bits per heavy atom. The lowest BCUT2D eigenvalue weighted by Crippen LogP contribution is -2.04. The molecule has 0 atom stereocenters. The van der Waals surface area contributed by atoms with Crippen molar-refractivity contribution in [1.29, 1.82) is 0 Å². The second kappa shape index (κ2) is 6.44. The van der Waals surface area contributed by atoms with Crippen molar-refractivity contribution in [3.8, 4) is 11.3 Å². The monoisotopic (exact) mass is 312 g/mol. The molecule has 3 rings (SSSR count). The van der Waals surface area contributed by atoms with Gasteiger partial charge in [-0.3, -0.25) is 0 Å². The van der Waals surface area contributed by atoms with Gasteiger partial charge in [-0.25, -0.2) is 4.98 Å². The van der Waals surface area contributed by atoms with Gasteiger partial charge >= 0.3 is 0 Å². The zero-order valence-corrected chi connectivity index (χ0v) is 13.9. The van der Waals surface area contributed by atoms with Crippen molar-refractivity contribution in [1.82, 2.24) is 9.55 Å². The van der Waals surface area contributed by atoms with Crippen molar-refractivity contribution in [2.75, 3.05) is 0 Å². The van der Waals surface area contributed by atoms with Gasteiger partial charge in [-0.2, -0.15) is 0 Å². The standard InChI is InChI=1S/C18H20N2OS/c1-13(2)22-18-19-11-17(15-8-6-14(3)7-9-15)20(18)12-16-5-4-10-21-16/h4-11,13H,12H2,1-3H3. The fourth-order valence-electron chi connectivity index (χ4n) is 2.33. The van der Waals surface area contributed by atoms with Crippen molar-refractivity contribution in [2.45, 2.75) is 37.7 Å². The van der Waals surface area contributed by atoms with Crippen molar-refractivity contribution in [2.24, 2.45) is 0 Å². The minimum atomic E-state index is 0.489. The summed E-state index contributed by atoms with van der Waals surface area (Å²) in [6, 6.07) is 12.5. The first-order valence-corrected chi connectivity index (χ1v) is 8.33. The maximum absolute atomic E-state index is 5.52. The number of aryl methyl sites for hydroxylation is 1. The highest BCUT2D eigenvalue weighted by Gasteiger charge is 2.14. The Balaban J connectivity index is 2.01. The van der Waals surface area contributed by atoms with Crippen LogP contribution >= 0.6 is 11.8 Å². The molecular formula is C18H20N2OS. The van der Waals surface area contributed by atoms with E-state index < -0.39 is 0 Å². The van der Waals surface area contributed by atoms with Gasteiger partial charge in [-0.15, -0.1) is 0 Å². The van der Waals surface area contributed by atoms with Crippen LogP contribution in [0.1, 0.15) is 25.2 Å². The van der Waals surface area contributed by atoms with E-state index in [2.05, 4.69) is 54.6 Å². The molecule has 0 saturated heterocycles. The van der Waals surface area contributed by atoms with Crippen molar-refractivity contribution in [3.05, 3.63) is 60.2 Å². The normalized spacial score (nSPS) is 11.3. The molecule has 4 heteroatoms. The summed E-state index contributed by atoms with van der Waals surface area (Å²) in [5, 5.41) is 1.52. The number of furan rings is 1. The number of benzene rings is 1. The van der Waals surface area contributed by atoms with Gasteiger partial charge in [-0.1, -0.05) is 55.4 Å². The maximum Gasteiger partial charge on any atom is 0.169 e. The second-order valence-electron chi connectivity index (χ2n) is 5.62. The van der Waals surface area contributed by atoms with Gasteiger partial charge in [0.2, 0.25) is 0 Å². The number of rotatable bonds is 5. The molecule has 3 aromatic rings. The van der Waals surface area contributed by atoms with E-state index in [0.717, 1.165) is 16.6 Å². The Bertz CT molecular complexity index is 727. The van der Waals surface area contributed by atoms with Crippen LogP contribution in [-0.4, -0.2) is 14.8 Å². The van der Waals surface area contributed by atoms with Crippen molar-refractivity contribution < 1.29 is 4.42 Å². The van der Waals surface area contributed by atoms with Gasteiger partial charge < -0.3 is 8.98 Å². The molecule has 0 spiro atoms. The highest BCUT2D eigenvalue weighted by molar-refractivity contribution is 7.99. The summed E-state index contributed by atoms with van der Waals surface area (Å²) in [4.78, 5) is 4.62. The van der Waals surface area contributed by atoms with E-state index in [1.807, 2.05) is 18.3 Å². The topological polar surface area (TPSA) is 31.0 Å². The third-order valence-corrected chi connectivity index (χ3v) is 4.41. The predicted octanol–water partition coefficient (Wildman–Crippen LogP) is 5.00. The summed E-state index contributed by atoms with van der Waals surface area (Å²) in [6.07, 6.45) is 3.67. The van der Waals surface area contributed by atoms with Crippen LogP contribution < -0.4 is 0 Å². The molecule has 0 fully saturated rings. The third kappa shape index (κ3) is 3.28. The number of thioether (sulfide) groups is 1. The minimum Gasteiger partial charge on any atom is -0.467 e. The van der Waals surface area contributed by atoms with Crippen LogP contribution in [0, 0.1) is 6.92 Å². The maximum atomic E-state index is 5.52. The largest absolute Gasteiger partial charge is 0.467 e. The Labute approximate surface area is 135 Å². The van der Waals surface area contributed by atoms with E-state index in [4.69, 9.17) is 4.42 Å². The van der Waals surface area contributed by atoms with Gasteiger partial charge in [0.1, 0.15) is 5.76 Å². The first kappa shape index (κ1) is 15.0. The lowest BCUT2D eigenvalue weighted by Gasteiger charge is -2.12. The van der Waals surface area contributed by atoms with Crippen molar-refractivity contribution >= 4 is 11.8 Å². The van der Waals surface area contributed by atoms with Crippen LogP contribution in [0.15, 0.2) is 58.4 Å². The Hall–Kier alpha value is -1.94. The van der Waals surface area contributed by atoms with E-state index in [1.54, 1.807) is 18.0 Å². The number of hydrogen-bond acceptors (Lipinski definition) is 3. The molecule has 2 aromatic heterocycles. The number of hydrogen-bond donors (Lipinski definition) is 0. The average Bonchev–Trinajstić information content (AvgIpc) is 3.11. The van der Waals surface area contributed by atoms with E-state index >= 15 is 0 Å².